The Morgan fingerprint density at radius 3 is 2.02 bits per heavy atom. The molecule has 3 rings (SSSR count). The molecule has 3 aliphatic rings. The van der Waals surface area contributed by atoms with Gasteiger partial charge in [-0.15, -0.1) is 0 Å². The monoisotopic (exact) mass is 748 g/mol. The number of esters is 1. The Balaban J connectivity index is 0.00000301. The second-order valence-corrected chi connectivity index (χ2v) is 16.0. The van der Waals surface area contributed by atoms with Crippen LogP contribution in [0.25, 0.3) is 0 Å². The van der Waals surface area contributed by atoms with Gasteiger partial charge in [-0.2, -0.15) is 4.91 Å². The zero-order valence-corrected chi connectivity index (χ0v) is 33.5. The molecule has 52 heavy (non-hydrogen) atoms. The molecular formula is C37H68N2O13. The number of nitrogens with one attached hydrogen (secondary N) is 1. The highest BCUT2D eigenvalue weighted by Gasteiger charge is 2.53. The number of ketones is 1. The van der Waals surface area contributed by atoms with Crippen LogP contribution in [-0.4, -0.2) is 132 Å². The molecule has 17 atom stereocenters. The molecule has 3 heterocycles. The molecule has 0 aromatic carbocycles. The number of carbonyl (C=O) groups excluding carboxylic acids is 2. The van der Waals surface area contributed by atoms with E-state index in [-0.39, 0.29) is 31.1 Å². The van der Waals surface area contributed by atoms with Gasteiger partial charge in [0.15, 0.2) is 12.6 Å². The van der Waals surface area contributed by atoms with Gasteiger partial charge in [0, 0.05) is 31.3 Å². The third-order valence-corrected chi connectivity index (χ3v) is 11.2. The van der Waals surface area contributed by atoms with E-state index in [0.717, 1.165) is 0 Å². The van der Waals surface area contributed by atoms with Gasteiger partial charge >= 0.3 is 5.97 Å². The predicted octanol–water partition coefficient (Wildman–Crippen LogP) is 2.86. The first-order valence-electron chi connectivity index (χ1n) is 18.7. The lowest BCUT2D eigenvalue weighted by atomic mass is 9.74. The molecule has 17 unspecified atom stereocenters. The van der Waals surface area contributed by atoms with Crippen molar-refractivity contribution in [2.45, 2.75) is 179 Å². The number of ether oxygens (including phenoxy) is 6. The third kappa shape index (κ3) is 10.8. The standard InChI is InChI=1S/C35H61NO13.C2H7N/c1-12-24-35(10,42)28(38)19(4)26(37)17(2)15-34(9,44-11)30(49-32-23(36-43)14-13-18(3)45-32)20(5)27(21(6)31(40)47-24)48-25-16-33(8,41)29(39)22(7)46-25;1-3-2/h17-25,27-30,32,38-39,41-42H,12-16H2,1-11H3;3H,1-2H3. The van der Waals surface area contributed by atoms with Crippen molar-refractivity contribution in [3.05, 3.63) is 4.91 Å². The maximum Gasteiger partial charge on any atom is 0.311 e. The molecule has 15 heteroatoms. The average molecular weight is 749 g/mol. The Labute approximate surface area is 309 Å². The molecular weight excluding hydrogens is 680 g/mol. The quantitative estimate of drug-likeness (QED) is 0.187. The van der Waals surface area contributed by atoms with Gasteiger partial charge in [-0.05, 0) is 81.3 Å². The molecule has 0 radical (unpaired) electrons. The fourth-order valence-electron chi connectivity index (χ4n) is 7.90. The summed E-state index contributed by atoms with van der Waals surface area (Å²) in [4.78, 5) is 39.8. The SMILES string of the molecule is CCC1OC(=O)C(C)C(OC2CC(C)(O)C(O)C(C)O2)C(C)C(OC2OC(C)CCC2N=O)C(C)(OC)CC(C)C(=O)C(C)C(O)C1(C)O.CNC. The minimum atomic E-state index is -1.98. The minimum Gasteiger partial charge on any atom is -0.459 e. The molecule has 0 amide bonds. The number of hydrogen-bond acceptors (Lipinski definition) is 15. The smallest absolute Gasteiger partial charge is 0.311 e. The van der Waals surface area contributed by atoms with Gasteiger partial charge in [-0.25, -0.2) is 0 Å². The van der Waals surface area contributed by atoms with E-state index >= 15 is 0 Å². The van der Waals surface area contributed by atoms with Crippen LogP contribution >= 0.6 is 0 Å². The lowest BCUT2D eigenvalue weighted by molar-refractivity contribution is -0.306. The number of methoxy groups -OCH3 is 1. The first-order chi connectivity index (χ1) is 24.1. The number of carbonyl (C=O) groups is 2. The van der Waals surface area contributed by atoms with Crippen LogP contribution in [0.15, 0.2) is 5.18 Å². The molecule has 5 N–H and O–H groups in total. The van der Waals surface area contributed by atoms with E-state index in [1.165, 1.54) is 27.9 Å². The lowest BCUT2D eigenvalue weighted by Gasteiger charge is -2.48. The van der Waals surface area contributed by atoms with Crippen molar-refractivity contribution in [3.63, 3.8) is 0 Å². The van der Waals surface area contributed by atoms with Crippen LogP contribution in [0.3, 0.4) is 0 Å². The minimum absolute atomic E-state index is 0.0820. The molecule has 3 aliphatic heterocycles. The number of nitroso groups, excluding NO2 is 1. The molecule has 0 aromatic rings. The van der Waals surface area contributed by atoms with Crippen molar-refractivity contribution in [1.82, 2.24) is 5.32 Å². The number of Topliss-reactive ketones (excluding diaryl/α,β-unsaturated/α-hetero) is 1. The Morgan fingerprint density at radius 2 is 1.50 bits per heavy atom. The van der Waals surface area contributed by atoms with Gasteiger partial charge in [0.2, 0.25) is 0 Å². The average Bonchev–Trinajstić information content (AvgIpc) is 3.08. The highest BCUT2D eigenvalue weighted by molar-refractivity contribution is 5.83. The second-order valence-electron chi connectivity index (χ2n) is 16.0. The van der Waals surface area contributed by atoms with Crippen LogP contribution in [-0.2, 0) is 38.0 Å². The number of hydrogen-bond donors (Lipinski definition) is 5. The van der Waals surface area contributed by atoms with Gasteiger partial charge in [0.25, 0.3) is 0 Å². The van der Waals surface area contributed by atoms with E-state index < -0.39 is 102 Å². The molecule has 3 fully saturated rings. The molecule has 15 nitrogen and oxygen atoms in total. The van der Waals surface area contributed by atoms with Crippen LogP contribution < -0.4 is 5.32 Å². The topological polar surface area (TPSA) is 212 Å². The van der Waals surface area contributed by atoms with Gasteiger partial charge in [0.05, 0.1) is 47.6 Å². The maximum atomic E-state index is 14.0. The van der Waals surface area contributed by atoms with E-state index in [1.807, 2.05) is 21.0 Å². The van der Waals surface area contributed by atoms with Crippen molar-refractivity contribution >= 4 is 11.8 Å². The van der Waals surface area contributed by atoms with E-state index in [1.54, 1.807) is 41.5 Å². The van der Waals surface area contributed by atoms with Crippen molar-refractivity contribution in [2.75, 3.05) is 21.2 Å². The number of aliphatic hydroxyl groups is 4. The number of aliphatic hydroxyl groups excluding tert-OH is 2. The van der Waals surface area contributed by atoms with E-state index in [2.05, 4.69) is 10.5 Å². The van der Waals surface area contributed by atoms with Gasteiger partial charge in [-0.1, -0.05) is 32.9 Å². The Morgan fingerprint density at radius 1 is 0.904 bits per heavy atom. The first-order valence-corrected chi connectivity index (χ1v) is 18.7. The summed E-state index contributed by atoms with van der Waals surface area (Å²) in [6.45, 7) is 16.3. The summed E-state index contributed by atoms with van der Waals surface area (Å²) < 4.78 is 37.3. The summed E-state index contributed by atoms with van der Waals surface area (Å²) in [6.07, 6.45) is -8.09. The van der Waals surface area contributed by atoms with E-state index in [0.29, 0.717) is 12.8 Å². The van der Waals surface area contributed by atoms with Crippen molar-refractivity contribution < 1.29 is 58.4 Å². The van der Waals surface area contributed by atoms with Gasteiger partial charge in [-0.3, -0.25) is 9.59 Å². The highest BCUT2D eigenvalue weighted by atomic mass is 16.7. The number of nitrogens with zero attached hydrogens (tertiary/aromatic N) is 1. The summed E-state index contributed by atoms with van der Waals surface area (Å²) >= 11 is 0. The molecule has 0 bridgehead atoms. The summed E-state index contributed by atoms with van der Waals surface area (Å²) in [5.74, 6) is -4.66. The Kier molecular flexibility index (Phi) is 17.2. The van der Waals surface area contributed by atoms with Crippen LogP contribution in [0.2, 0.25) is 0 Å². The van der Waals surface area contributed by atoms with Crippen LogP contribution in [0.5, 0.6) is 0 Å². The first kappa shape index (κ1) is 46.5. The summed E-state index contributed by atoms with van der Waals surface area (Å²) in [6, 6.07) is -0.833. The normalized spacial score (nSPS) is 47.0. The molecule has 0 spiro atoms. The second kappa shape index (κ2) is 19.3. The Hall–Kier alpha value is -1.66. The van der Waals surface area contributed by atoms with Crippen LogP contribution in [0.4, 0.5) is 0 Å². The summed E-state index contributed by atoms with van der Waals surface area (Å²) in [7, 11) is 5.22. The predicted molar refractivity (Wildman–Crippen MR) is 192 cm³/mol. The molecule has 304 valence electrons. The lowest BCUT2D eigenvalue weighted by Crippen LogP contribution is -2.60. The molecule has 0 aliphatic carbocycles. The van der Waals surface area contributed by atoms with Gasteiger partial charge in [0.1, 0.15) is 29.6 Å². The van der Waals surface area contributed by atoms with Crippen molar-refractivity contribution in [1.29, 1.82) is 0 Å². The van der Waals surface area contributed by atoms with Crippen molar-refractivity contribution in [3.8, 4) is 0 Å². The molecule has 0 aromatic heterocycles. The molecule has 3 saturated heterocycles. The fourth-order valence-corrected chi connectivity index (χ4v) is 7.90. The number of rotatable bonds is 7. The van der Waals surface area contributed by atoms with E-state index in [4.69, 9.17) is 28.4 Å². The Bertz CT molecular complexity index is 1160. The zero-order valence-electron chi connectivity index (χ0n) is 33.5. The summed E-state index contributed by atoms with van der Waals surface area (Å²) in [5.41, 5.74) is -4.83. The molecule has 0 saturated carbocycles. The van der Waals surface area contributed by atoms with Crippen LogP contribution in [0.1, 0.15) is 101 Å². The largest absolute Gasteiger partial charge is 0.459 e. The van der Waals surface area contributed by atoms with Crippen molar-refractivity contribution in [2.24, 2.45) is 28.8 Å². The van der Waals surface area contributed by atoms with Crippen LogP contribution in [0, 0.1) is 28.6 Å². The van der Waals surface area contributed by atoms with Gasteiger partial charge < -0.3 is 54.2 Å². The summed E-state index contributed by atoms with van der Waals surface area (Å²) in [5, 5.41) is 50.5. The number of cyclic esters (lactones) is 1. The maximum absolute atomic E-state index is 14.0. The third-order valence-electron chi connectivity index (χ3n) is 11.2. The highest BCUT2D eigenvalue weighted by Crippen LogP contribution is 2.41. The zero-order chi connectivity index (χ0) is 39.9. The fraction of sp³-hybridized carbons (Fsp3) is 0.946. The van der Waals surface area contributed by atoms with E-state index in [9.17, 15) is 34.9 Å².